The van der Waals surface area contributed by atoms with E-state index in [0.29, 0.717) is 14.6 Å². The van der Waals surface area contributed by atoms with Gasteiger partial charge in [-0.3, -0.25) is 9.59 Å². The molecular weight excluding hydrogens is 438 g/mol. The molecule has 0 aliphatic heterocycles. The molecule has 10 heteroatoms. The lowest BCUT2D eigenvalue weighted by Gasteiger charge is -2.06. The molecule has 0 aliphatic carbocycles. The summed E-state index contributed by atoms with van der Waals surface area (Å²) in [5, 5.41) is 18.6. The molecular formula is C20H17N5O2S3. The largest absolute Gasteiger partial charge is 0.301 e. The van der Waals surface area contributed by atoms with E-state index in [9.17, 15) is 9.59 Å². The Morgan fingerprint density at radius 2 is 1.80 bits per heavy atom. The van der Waals surface area contributed by atoms with E-state index in [1.165, 1.54) is 34.4 Å². The van der Waals surface area contributed by atoms with Crippen molar-refractivity contribution in [2.24, 2.45) is 0 Å². The summed E-state index contributed by atoms with van der Waals surface area (Å²) >= 11 is 3.90. The first-order valence-corrected chi connectivity index (χ1v) is 11.7. The Hall–Kier alpha value is -2.82. The number of thioether (sulfide) groups is 1. The van der Waals surface area contributed by atoms with Gasteiger partial charge >= 0.3 is 0 Å². The molecule has 2 aromatic carbocycles. The number of benzene rings is 2. The fourth-order valence-corrected chi connectivity index (χ4v) is 5.07. The standard InChI is InChI=1S/C20H17N5O2S3/c1-12-10-28-18(21-12)23-17(27)11-29-20-25-24-19(30-20)22-16(26)9-14-7-4-6-13-5-2-3-8-15(13)14/h2-8,10H,9,11H2,1H3,(H,21,23,27)(H,22,24,26). The van der Waals surface area contributed by atoms with Crippen LogP contribution in [0.15, 0.2) is 52.2 Å². The van der Waals surface area contributed by atoms with Gasteiger partial charge in [0.25, 0.3) is 0 Å². The highest BCUT2D eigenvalue weighted by atomic mass is 32.2. The van der Waals surface area contributed by atoms with Gasteiger partial charge < -0.3 is 10.6 Å². The third kappa shape index (κ3) is 5.21. The van der Waals surface area contributed by atoms with Crippen molar-refractivity contribution in [1.82, 2.24) is 15.2 Å². The van der Waals surface area contributed by atoms with E-state index in [1.54, 1.807) is 0 Å². The van der Waals surface area contributed by atoms with Crippen LogP contribution in [0.2, 0.25) is 0 Å². The number of anilines is 2. The number of hydrogen-bond donors (Lipinski definition) is 2. The Labute approximate surface area is 185 Å². The Kier molecular flexibility index (Phi) is 6.36. The normalized spacial score (nSPS) is 10.8. The van der Waals surface area contributed by atoms with Crippen molar-refractivity contribution in [3.05, 3.63) is 59.1 Å². The second-order valence-electron chi connectivity index (χ2n) is 6.37. The molecule has 4 aromatic rings. The molecule has 0 unspecified atom stereocenters. The number of carbonyl (C=O) groups is 2. The van der Waals surface area contributed by atoms with Gasteiger partial charge in [0.2, 0.25) is 16.9 Å². The van der Waals surface area contributed by atoms with E-state index in [0.717, 1.165) is 22.0 Å². The van der Waals surface area contributed by atoms with Gasteiger partial charge in [-0.15, -0.1) is 21.5 Å². The highest BCUT2D eigenvalue weighted by Gasteiger charge is 2.13. The summed E-state index contributed by atoms with van der Waals surface area (Å²) in [5.41, 5.74) is 1.83. The maximum atomic E-state index is 12.5. The van der Waals surface area contributed by atoms with E-state index in [2.05, 4.69) is 25.8 Å². The Balaban J connectivity index is 1.30. The average Bonchev–Trinajstić information content (AvgIpc) is 3.35. The van der Waals surface area contributed by atoms with Crippen LogP contribution in [0.25, 0.3) is 10.8 Å². The maximum Gasteiger partial charge on any atom is 0.236 e. The third-order valence-corrected chi connectivity index (χ3v) is 6.92. The van der Waals surface area contributed by atoms with Gasteiger partial charge in [-0.25, -0.2) is 4.98 Å². The molecule has 152 valence electrons. The highest BCUT2D eigenvalue weighted by Crippen LogP contribution is 2.26. The van der Waals surface area contributed by atoms with Gasteiger partial charge in [0.05, 0.1) is 17.9 Å². The van der Waals surface area contributed by atoms with Gasteiger partial charge in [-0.2, -0.15) is 0 Å². The van der Waals surface area contributed by atoms with E-state index >= 15 is 0 Å². The van der Waals surface area contributed by atoms with Crippen LogP contribution >= 0.6 is 34.4 Å². The molecule has 2 N–H and O–H groups in total. The molecule has 0 aliphatic rings. The van der Waals surface area contributed by atoms with E-state index in [-0.39, 0.29) is 24.0 Å². The summed E-state index contributed by atoms with van der Waals surface area (Å²) in [6.07, 6.45) is 0.249. The first-order chi connectivity index (χ1) is 14.6. The molecule has 0 saturated carbocycles. The fraction of sp³-hybridized carbons (Fsp3) is 0.150. The number of fused-ring (bicyclic) bond motifs is 1. The van der Waals surface area contributed by atoms with Crippen LogP contribution in [0.5, 0.6) is 0 Å². The molecule has 2 amide bonds. The zero-order chi connectivity index (χ0) is 20.9. The first-order valence-electron chi connectivity index (χ1n) is 9.01. The van der Waals surface area contributed by atoms with Crippen LogP contribution in [-0.2, 0) is 16.0 Å². The van der Waals surface area contributed by atoms with Crippen LogP contribution in [-0.4, -0.2) is 32.7 Å². The fourth-order valence-electron chi connectivity index (χ4n) is 2.80. The topological polar surface area (TPSA) is 96.9 Å². The van der Waals surface area contributed by atoms with Crippen molar-refractivity contribution < 1.29 is 9.59 Å². The van der Waals surface area contributed by atoms with Gasteiger partial charge in [0.15, 0.2) is 9.47 Å². The Bertz CT molecular complexity index is 1200. The highest BCUT2D eigenvalue weighted by molar-refractivity contribution is 8.01. The van der Waals surface area contributed by atoms with E-state index in [4.69, 9.17) is 0 Å². The number of hydrogen-bond acceptors (Lipinski definition) is 8. The summed E-state index contributed by atoms with van der Waals surface area (Å²) in [6, 6.07) is 13.9. The van der Waals surface area contributed by atoms with Crippen LogP contribution < -0.4 is 10.6 Å². The summed E-state index contributed by atoms with van der Waals surface area (Å²) in [6.45, 7) is 1.87. The van der Waals surface area contributed by atoms with E-state index < -0.39 is 0 Å². The Morgan fingerprint density at radius 3 is 2.63 bits per heavy atom. The number of carbonyl (C=O) groups excluding carboxylic acids is 2. The van der Waals surface area contributed by atoms with Crippen LogP contribution in [0.3, 0.4) is 0 Å². The van der Waals surface area contributed by atoms with Crippen LogP contribution in [0.4, 0.5) is 10.3 Å². The number of nitrogens with zero attached hydrogens (tertiary/aromatic N) is 3. The SMILES string of the molecule is Cc1csc(NC(=O)CSc2nnc(NC(=O)Cc3cccc4ccccc34)s2)n1. The van der Waals surface area contributed by atoms with E-state index in [1.807, 2.05) is 54.8 Å². The lowest BCUT2D eigenvalue weighted by molar-refractivity contribution is -0.115. The van der Waals surface area contributed by atoms with Crippen molar-refractivity contribution in [3.8, 4) is 0 Å². The molecule has 7 nitrogen and oxygen atoms in total. The molecule has 0 radical (unpaired) electrons. The van der Waals surface area contributed by atoms with Crippen molar-refractivity contribution in [1.29, 1.82) is 0 Å². The quantitative estimate of drug-likeness (QED) is 0.317. The number of nitrogens with one attached hydrogen (secondary N) is 2. The molecule has 2 heterocycles. The minimum atomic E-state index is -0.161. The van der Waals surface area contributed by atoms with Crippen LogP contribution in [0.1, 0.15) is 11.3 Å². The summed E-state index contributed by atoms with van der Waals surface area (Å²) < 4.78 is 0.612. The maximum absolute atomic E-state index is 12.5. The number of rotatable bonds is 7. The summed E-state index contributed by atoms with van der Waals surface area (Å²) in [5.74, 6) is -0.126. The zero-order valence-corrected chi connectivity index (χ0v) is 18.4. The van der Waals surface area contributed by atoms with Crippen molar-refractivity contribution >= 4 is 67.3 Å². The van der Waals surface area contributed by atoms with Gasteiger partial charge in [-0.05, 0) is 23.3 Å². The second-order valence-corrected chi connectivity index (χ2v) is 9.43. The summed E-state index contributed by atoms with van der Waals surface area (Å²) in [7, 11) is 0. The van der Waals surface area contributed by atoms with Gasteiger partial charge in [0, 0.05) is 5.38 Å². The van der Waals surface area contributed by atoms with Crippen molar-refractivity contribution in [2.45, 2.75) is 17.7 Å². The number of aromatic nitrogens is 3. The Morgan fingerprint density at radius 1 is 1.00 bits per heavy atom. The molecule has 0 saturated heterocycles. The van der Waals surface area contributed by atoms with Gasteiger partial charge in [-0.1, -0.05) is 65.6 Å². The minimum absolute atomic E-state index is 0.157. The average molecular weight is 456 g/mol. The molecule has 2 aromatic heterocycles. The molecule has 4 rings (SSSR count). The van der Waals surface area contributed by atoms with Crippen molar-refractivity contribution in [2.75, 3.05) is 16.4 Å². The number of aryl methyl sites for hydroxylation is 1. The van der Waals surface area contributed by atoms with Gasteiger partial charge in [0.1, 0.15) is 0 Å². The lowest BCUT2D eigenvalue weighted by atomic mass is 10.0. The van der Waals surface area contributed by atoms with Crippen molar-refractivity contribution in [3.63, 3.8) is 0 Å². The predicted octanol–water partition coefficient (Wildman–Crippen LogP) is 4.37. The monoisotopic (exact) mass is 455 g/mol. The third-order valence-electron chi connectivity index (χ3n) is 4.08. The molecule has 30 heavy (non-hydrogen) atoms. The number of thiazole rings is 1. The first kappa shape index (κ1) is 20.5. The predicted molar refractivity (Wildman–Crippen MR) is 122 cm³/mol. The molecule has 0 atom stereocenters. The number of amides is 2. The lowest BCUT2D eigenvalue weighted by Crippen LogP contribution is -2.14. The second kappa shape index (κ2) is 9.33. The zero-order valence-electron chi connectivity index (χ0n) is 15.9. The molecule has 0 bridgehead atoms. The summed E-state index contributed by atoms with van der Waals surface area (Å²) in [4.78, 5) is 28.7. The minimum Gasteiger partial charge on any atom is -0.301 e. The smallest absolute Gasteiger partial charge is 0.236 e. The van der Waals surface area contributed by atoms with Crippen LogP contribution in [0, 0.1) is 6.92 Å². The molecule has 0 fully saturated rings. The molecule has 0 spiro atoms.